The van der Waals surface area contributed by atoms with E-state index in [-0.39, 0.29) is 24.8 Å². The molecule has 0 nitrogen and oxygen atoms in total. The Morgan fingerprint density at radius 2 is 1.28 bits per heavy atom. The van der Waals surface area contributed by atoms with Crippen molar-refractivity contribution in [3.8, 4) is 0 Å². The van der Waals surface area contributed by atoms with Crippen molar-refractivity contribution in [1.82, 2.24) is 0 Å². The molecule has 0 atom stereocenters. The topological polar surface area (TPSA) is 0 Å². The largest absolute Gasteiger partial charge is 0.147 e. The van der Waals surface area contributed by atoms with Crippen LogP contribution in [0.4, 0.5) is 0 Å². The minimum Gasteiger partial charge on any atom is -0.147 e. The van der Waals surface area contributed by atoms with Crippen LogP contribution in [0.5, 0.6) is 0 Å². The zero-order chi connectivity index (χ0) is 11.7. The third-order valence-corrected chi connectivity index (χ3v) is 31.8. The molecule has 0 aliphatic heterocycles. The fourth-order valence-corrected chi connectivity index (χ4v) is 32.2. The summed E-state index contributed by atoms with van der Waals surface area (Å²) in [5.74, 6) is -0.452. The van der Waals surface area contributed by atoms with Crippen LogP contribution < -0.4 is 0 Å². The summed E-state index contributed by atoms with van der Waals surface area (Å²) in [7, 11) is 0. The molecule has 0 aromatic heterocycles. The molecule has 0 saturated heterocycles. The molecule has 0 bridgehead atoms. The summed E-state index contributed by atoms with van der Waals surface area (Å²) < 4.78 is 3.84. The number of hydrogen-bond donors (Lipinski definition) is 0. The van der Waals surface area contributed by atoms with E-state index in [0.717, 1.165) is 0 Å². The summed E-state index contributed by atoms with van der Waals surface area (Å²) in [4.78, 5) is 0. The summed E-state index contributed by atoms with van der Waals surface area (Å²) in [6.07, 6.45) is 12.0. The first-order chi connectivity index (χ1) is 7.61. The Morgan fingerprint density at radius 3 is 1.50 bits per heavy atom. The second-order valence-corrected chi connectivity index (χ2v) is 31.9. The number of halogens is 2. The van der Waals surface area contributed by atoms with Crippen molar-refractivity contribution in [2.75, 3.05) is 0 Å². The van der Waals surface area contributed by atoms with Crippen molar-refractivity contribution in [3.05, 3.63) is 42.1 Å². The molecule has 0 N–H and O–H groups in total. The Kier molecular flexibility index (Phi) is 8.31. The molecule has 0 aromatic rings. The molecular formula is C14H23Cl2HfSi. The molecule has 18 heavy (non-hydrogen) atoms. The van der Waals surface area contributed by atoms with E-state index in [9.17, 15) is 0 Å². The van der Waals surface area contributed by atoms with Gasteiger partial charge in [-0.15, -0.1) is 24.8 Å². The van der Waals surface area contributed by atoms with Crippen LogP contribution in [0.2, 0.25) is 13.1 Å². The average molecular weight is 469 g/mol. The molecule has 0 aromatic carbocycles. The molecular weight excluding hydrogens is 446 g/mol. The zero-order valence-electron chi connectivity index (χ0n) is 11.6. The second kappa shape index (κ2) is 8.03. The van der Waals surface area contributed by atoms with Crippen LogP contribution in [-0.2, 0) is 20.6 Å². The first kappa shape index (κ1) is 18.6. The van der Waals surface area contributed by atoms with Crippen LogP contribution in [0.25, 0.3) is 0 Å². The standard InChI is InChI=1S/2C6H7.C2H7Si.2ClH.Hf/c2*1-6-4-2-3-5-6;1-3-2;;;/h2*2,4H,3H2,1H3;3H,1-2H3;2*1H;. The second-order valence-electron chi connectivity index (χ2n) is 5.10. The van der Waals surface area contributed by atoms with Gasteiger partial charge in [0.15, 0.2) is 0 Å². The number of allylic oxidation sites excluding steroid dienone is 8. The van der Waals surface area contributed by atoms with Gasteiger partial charge >= 0.3 is 108 Å². The van der Waals surface area contributed by atoms with Gasteiger partial charge in [0, 0.05) is 0 Å². The molecule has 4 heteroatoms. The van der Waals surface area contributed by atoms with Crippen LogP contribution in [0.15, 0.2) is 42.1 Å². The summed E-state index contributed by atoms with van der Waals surface area (Å²) >= 11 is -1.58. The van der Waals surface area contributed by atoms with E-state index in [1.165, 1.54) is 12.8 Å². The average Bonchev–Trinajstić information content (AvgIpc) is 2.79. The smallest absolute Gasteiger partial charge is 0.147 e. The van der Waals surface area contributed by atoms with Crippen LogP contribution in [0.1, 0.15) is 26.7 Å². The van der Waals surface area contributed by atoms with Gasteiger partial charge in [0.1, 0.15) is 0 Å². The molecule has 101 valence electrons. The number of hydrogen-bond acceptors (Lipinski definition) is 0. The molecule has 2 rings (SSSR count). The maximum Gasteiger partial charge on any atom is -0.147 e. The van der Waals surface area contributed by atoms with E-state index in [0.29, 0.717) is 0 Å². The van der Waals surface area contributed by atoms with Gasteiger partial charge in [-0.1, -0.05) is 0 Å². The van der Waals surface area contributed by atoms with Crippen molar-refractivity contribution in [2.45, 2.75) is 39.8 Å². The molecule has 0 saturated carbocycles. The maximum absolute atomic E-state index is 2.58. The Morgan fingerprint density at radius 1 is 0.889 bits per heavy atom. The van der Waals surface area contributed by atoms with Gasteiger partial charge in [-0.3, -0.25) is 0 Å². The van der Waals surface area contributed by atoms with Crippen LogP contribution in [0.3, 0.4) is 0 Å². The maximum atomic E-state index is 2.58. The molecule has 0 fully saturated rings. The minimum atomic E-state index is -1.58. The monoisotopic (exact) mass is 469 g/mol. The first-order valence-corrected chi connectivity index (χ1v) is 18.9. The quantitative estimate of drug-likeness (QED) is 0.517. The Hall–Kier alpha value is 0.627. The normalized spacial score (nSPS) is 17.4. The van der Waals surface area contributed by atoms with E-state index in [1.54, 1.807) is 11.1 Å². The van der Waals surface area contributed by atoms with Crippen molar-refractivity contribution in [1.29, 1.82) is 0 Å². The predicted octanol–water partition coefficient (Wildman–Crippen LogP) is 4.90. The zero-order valence-corrected chi connectivity index (χ0v) is 18.0. The molecule has 0 radical (unpaired) electrons. The van der Waals surface area contributed by atoms with E-state index in [1.807, 2.05) is 6.66 Å². The van der Waals surface area contributed by atoms with Gasteiger partial charge in [0.05, 0.1) is 0 Å². The summed E-state index contributed by atoms with van der Waals surface area (Å²) in [5.41, 5.74) is 3.24. The fraction of sp³-hybridized carbons (Fsp3) is 0.429. The Bertz CT molecular complexity index is 384. The van der Waals surface area contributed by atoms with Gasteiger partial charge in [-0.2, -0.15) is 0 Å². The van der Waals surface area contributed by atoms with Crippen LogP contribution in [-0.4, -0.2) is 5.98 Å². The molecule has 0 spiro atoms. The van der Waals surface area contributed by atoms with Crippen LogP contribution in [0, 0.1) is 0 Å². The molecule has 0 amide bonds. The van der Waals surface area contributed by atoms with E-state index in [4.69, 9.17) is 0 Å². The molecule has 2 aliphatic rings. The van der Waals surface area contributed by atoms with E-state index >= 15 is 0 Å². The summed E-state index contributed by atoms with van der Waals surface area (Å²) in [6, 6.07) is 0. The molecule has 2 aliphatic carbocycles. The van der Waals surface area contributed by atoms with E-state index < -0.39 is 26.6 Å². The Labute approximate surface area is 132 Å². The third kappa shape index (κ3) is 3.81. The van der Waals surface area contributed by atoms with Gasteiger partial charge < -0.3 is 0 Å². The van der Waals surface area contributed by atoms with Crippen molar-refractivity contribution >= 4 is 30.8 Å². The molecule has 0 unspecified atom stereocenters. The SMILES string of the molecule is CC1=[C]([Hf]([C]2=C(C)C=CC2)[SiH](C)C)CC=C1.Cl.Cl. The summed E-state index contributed by atoms with van der Waals surface area (Å²) in [6.45, 7) is 9.83. The van der Waals surface area contributed by atoms with E-state index in [2.05, 4.69) is 51.2 Å². The predicted molar refractivity (Wildman–Crippen MR) is 86.3 cm³/mol. The summed E-state index contributed by atoms with van der Waals surface area (Å²) in [5, 5.41) is 0. The van der Waals surface area contributed by atoms with Crippen LogP contribution >= 0.6 is 24.8 Å². The molecule has 0 heterocycles. The van der Waals surface area contributed by atoms with Gasteiger partial charge in [-0.05, 0) is 0 Å². The van der Waals surface area contributed by atoms with Gasteiger partial charge in [-0.25, -0.2) is 0 Å². The van der Waals surface area contributed by atoms with Gasteiger partial charge in [0.2, 0.25) is 0 Å². The van der Waals surface area contributed by atoms with Crippen molar-refractivity contribution in [2.24, 2.45) is 0 Å². The Balaban J connectivity index is 0.00000144. The van der Waals surface area contributed by atoms with Crippen molar-refractivity contribution in [3.63, 3.8) is 0 Å². The third-order valence-electron chi connectivity index (χ3n) is 3.56. The number of rotatable bonds is 3. The minimum absolute atomic E-state index is 0. The van der Waals surface area contributed by atoms with Gasteiger partial charge in [0.25, 0.3) is 0 Å². The van der Waals surface area contributed by atoms with Crippen molar-refractivity contribution < 1.29 is 20.6 Å². The first-order valence-electron chi connectivity index (χ1n) is 6.21. The fourth-order valence-electron chi connectivity index (χ4n) is 2.75.